The Bertz CT molecular complexity index is 111. The van der Waals surface area contributed by atoms with Crippen molar-refractivity contribution in [2.24, 2.45) is 4.99 Å². The Morgan fingerprint density at radius 2 is 2.71 bits per heavy atom. The van der Waals surface area contributed by atoms with Crippen LogP contribution in [0.25, 0.3) is 0 Å². The molecule has 1 aliphatic heterocycles. The lowest BCUT2D eigenvalue weighted by atomic mass is 10.2. The van der Waals surface area contributed by atoms with E-state index in [2.05, 4.69) is 18.0 Å². The van der Waals surface area contributed by atoms with Crippen LogP contribution in [0, 0.1) is 0 Å². The van der Waals surface area contributed by atoms with Gasteiger partial charge < -0.3 is 0 Å². The maximum Gasteiger partial charge on any atom is 0.0231 e. The summed E-state index contributed by atoms with van der Waals surface area (Å²) in [6, 6.07) is 0. The quantitative estimate of drug-likeness (QED) is 0.470. The molecule has 1 nitrogen and oxygen atoms in total. The van der Waals surface area contributed by atoms with Gasteiger partial charge in [-0.15, -0.1) is 0 Å². The second-order valence-corrected chi connectivity index (χ2v) is 1.64. The van der Waals surface area contributed by atoms with Gasteiger partial charge in [-0.25, -0.2) is 0 Å². The van der Waals surface area contributed by atoms with Crippen molar-refractivity contribution in [3.8, 4) is 0 Å². The molecule has 0 aromatic carbocycles. The van der Waals surface area contributed by atoms with E-state index < -0.39 is 0 Å². The molecule has 1 aliphatic rings. The maximum absolute atomic E-state index is 4.09. The lowest BCUT2D eigenvalue weighted by Gasteiger charge is -1.86. The first-order chi connectivity index (χ1) is 3.43. The highest BCUT2D eigenvalue weighted by molar-refractivity contribution is 5.87. The average molecular weight is 95.1 g/mol. The second kappa shape index (κ2) is 1.92. The van der Waals surface area contributed by atoms with Crippen LogP contribution in [0.4, 0.5) is 0 Å². The predicted octanol–water partition coefficient (Wildman–Crippen LogP) is 1.75. The summed E-state index contributed by atoms with van der Waals surface area (Å²) >= 11 is 0. The summed E-state index contributed by atoms with van der Waals surface area (Å²) in [4.78, 5) is 4.09. The van der Waals surface area contributed by atoms with E-state index in [0.717, 1.165) is 12.8 Å². The largest absolute Gasteiger partial charge is 0.266 e. The van der Waals surface area contributed by atoms with E-state index in [4.69, 9.17) is 0 Å². The zero-order valence-electron chi connectivity index (χ0n) is 4.52. The van der Waals surface area contributed by atoms with Crippen molar-refractivity contribution in [2.75, 3.05) is 0 Å². The molecular weight excluding hydrogens is 86.1 g/mol. The van der Waals surface area contributed by atoms with Crippen LogP contribution in [0.2, 0.25) is 0 Å². The van der Waals surface area contributed by atoms with E-state index in [1.54, 1.807) is 0 Å². The molecule has 1 heterocycles. The van der Waals surface area contributed by atoms with Gasteiger partial charge in [0.1, 0.15) is 0 Å². The topological polar surface area (TPSA) is 12.4 Å². The number of hydrogen-bond acceptors (Lipinski definition) is 1. The zero-order chi connectivity index (χ0) is 5.11. The minimum absolute atomic E-state index is 1.08. The Morgan fingerprint density at radius 1 is 1.86 bits per heavy atom. The summed E-state index contributed by atoms with van der Waals surface area (Å²) in [5, 5.41) is 0. The Kier molecular flexibility index (Phi) is 1.25. The molecular formula is C6H9N. The number of allylic oxidation sites excluding steroid dienone is 1. The molecule has 0 amide bonds. The van der Waals surface area contributed by atoms with Crippen LogP contribution in [0.15, 0.2) is 17.3 Å². The van der Waals surface area contributed by atoms with Gasteiger partial charge in [0.25, 0.3) is 0 Å². The molecule has 1 heteroatoms. The van der Waals surface area contributed by atoms with E-state index in [1.165, 1.54) is 5.71 Å². The predicted molar refractivity (Wildman–Crippen MR) is 31.5 cm³/mol. The normalized spacial score (nSPS) is 17.6. The third-order valence-electron chi connectivity index (χ3n) is 1.12. The number of hydrogen-bond donors (Lipinski definition) is 0. The van der Waals surface area contributed by atoms with Crippen LogP contribution < -0.4 is 0 Å². The zero-order valence-corrected chi connectivity index (χ0v) is 4.52. The molecule has 0 unspecified atom stereocenters. The molecule has 0 N–H and O–H groups in total. The van der Waals surface area contributed by atoms with Crippen molar-refractivity contribution >= 4 is 5.71 Å². The Hall–Kier alpha value is -0.590. The third-order valence-corrected chi connectivity index (χ3v) is 1.12. The monoisotopic (exact) mass is 95.1 g/mol. The first-order valence-electron chi connectivity index (χ1n) is 2.64. The molecule has 0 bridgehead atoms. The molecule has 0 aliphatic carbocycles. The molecule has 38 valence electrons. The molecule has 0 saturated heterocycles. The Balaban J connectivity index is 2.45. The van der Waals surface area contributed by atoms with E-state index in [-0.39, 0.29) is 0 Å². The van der Waals surface area contributed by atoms with Crippen molar-refractivity contribution in [3.63, 3.8) is 0 Å². The Labute approximate surface area is 43.8 Å². The van der Waals surface area contributed by atoms with Gasteiger partial charge in [-0.1, -0.05) is 13.0 Å². The SMILES string of the molecule is CCC1=NC=CC1. The highest BCUT2D eigenvalue weighted by Crippen LogP contribution is 2.01. The highest BCUT2D eigenvalue weighted by Gasteiger charge is 1.94. The van der Waals surface area contributed by atoms with Gasteiger partial charge in [-0.05, 0) is 6.42 Å². The highest BCUT2D eigenvalue weighted by atomic mass is 14.7. The Morgan fingerprint density at radius 3 is 3.00 bits per heavy atom. The fourth-order valence-corrected chi connectivity index (χ4v) is 0.635. The van der Waals surface area contributed by atoms with Crippen molar-refractivity contribution < 1.29 is 0 Å². The van der Waals surface area contributed by atoms with Crippen molar-refractivity contribution in [2.45, 2.75) is 19.8 Å². The van der Waals surface area contributed by atoms with Gasteiger partial charge in [0.2, 0.25) is 0 Å². The minimum Gasteiger partial charge on any atom is -0.266 e. The van der Waals surface area contributed by atoms with Crippen molar-refractivity contribution in [1.29, 1.82) is 0 Å². The van der Waals surface area contributed by atoms with Crippen LogP contribution in [0.5, 0.6) is 0 Å². The van der Waals surface area contributed by atoms with Crippen LogP contribution in [-0.4, -0.2) is 5.71 Å². The summed E-state index contributed by atoms with van der Waals surface area (Å²) < 4.78 is 0. The molecule has 1 rings (SSSR count). The molecule has 7 heavy (non-hydrogen) atoms. The fraction of sp³-hybridized carbons (Fsp3) is 0.500. The first-order valence-corrected chi connectivity index (χ1v) is 2.64. The molecule has 0 atom stereocenters. The van der Waals surface area contributed by atoms with Crippen LogP contribution >= 0.6 is 0 Å². The summed E-state index contributed by atoms with van der Waals surface area (Å²) in [5.74, 6) is 0. The average Bonchev–Trinajstić information content (AvgIpc) is 2.14. The van der Waals surface area contributed by atoms with Crippen LogP contribution in [0.1, 0.15) is 19.8 Å². The maximum atomic E-state index is 4.09. The lowest BCUT2D eigenvalue weighted by Crippen LogP contribution is -1.86. The summed E-state index contributed by atoms with van der Waals surface area (Å²) in [7, 11) is 0. The molecule has 0 aromatic heterocycles. The van der Waals surface area contributed by atoms with Gasteiger partial charge in [0.05, 0.1) is 0 Å². The summed E-state index contributed by atoms with van der Waals surface area (Å²) in [6.07, 6.45) is 6.14. The van der Waals surface area contributed by atoms with E-state index in [9.17, 15) is 0 Å². The van der Waals surface area contributed by atoms with Gasteiger partial charge in [0, 0.05) is 18.3 Å². The smallest absolute Gasteiger partial charge is 0.0231 e. The molecule has 0 fully saturated rings. The number of aliphatic imine (C=N–C) groups is 1. The van der Waals surface area contributed by atoms with Gasteiger partial charge in [-0.3, -0.25) is 4.99 Å². The lowest BCUT2D eigenvalue weighted by molar-refractivity contribution is 1.24. The molecule has 0 spiro atoms. The van der Waals surface area contributed by atoms with E-state index in [1.807, 2.05) is 6.20 Å². The molecule has 0 saturated carbocycles. The minimum atomic E-state index is 1.08. The third kappa shape index (κ3) is 0.889. The standard InChI is InChI=1S/C6H9N/c1-2-6-4-3-5-7-6/h3,5H,2,4H2,1H3. The fourth-order valence-electron chi connectivity index (χ4n) is 0.635. The van der Waals surface area contributed by atoms with Gasteiger partial charge in [-0.2, -0.15) is 0 Å². The summed E-state index contributed by atoms with van der Waals surface area (Å²) in [5.41, 5.74) is 1.31. The van der Waals surface area contributed by atoms with Gasteiger partial charge in [0.15, 0.2) is 0 Å². The summed E-state index contributed by atoms with van der Waals surface area (Å²) in [6.45, 7) is 2.13. The van der Waals surface area contributed by atoms with Crippen molar-refractivity contribution in [1.82, 2.24) is 0 Å². The van der Waals surface area contributed by atoms with Gasteiger partial charge >= 0.3 is 0 Å². The van der Waals surface area contributed by atoms with E-state index in [0.29, 0.717) is 0 Å². The molecule has 0 aromatic rings. The van der Waals surface area contributed by atoms with Crippen LogP contribution in [-0.2, 0) is 0 Å². The van der Waals surface area contributed by atoms with Crippen LogP contribution in [0.3, 0.4) is 0 Å². The number of nitrogens with zero attached hydrogens (tertiary/aromatic N) is 1. The molecule has 0 radical (unpaired) electrons. The second-order valence-electron chi connectivity index (χ2n) is 1.64. The van der Waals surface area contributed by atoms with Crippen molar-refractivity contribution in [3.05, 3.63) is 12.3 Å². The number of rotatable bonds is 1. The van der Waals surface area contributed by atoms with E-state index >= 15 is 0 Å². The first kappa shape index (κ1) is 4.57.